The fourth-order valence-electron chi connectivity index (χ4n) is 2.50. The number of rotatable bonds is 2. The van der Waals surface area contributed by atoms with Crippen LogP contribution in [0.5, 0.6) is 5.75 Å². The molecule has 0 radical (unpaired) electrons. The Labute approximate surface area is 105 Å². The maximum atomic E-state index is 5.78. The molecule has 0 amide bonds. The second-order valence-corrected chi connectivity index (χ2v) is 5.17. The van der Waals surface area contributed by atoms with Crippen molar-refractivity contribution in [1.82, 2.24) is 15.2 Å². The fraction of sp³-hybridized carbons (Fsp3) is 0.429. The number of aromatic nitrogens is 3. The third kappa shape index (κ3) is 1.68. The van der Waals surface area contributed by atoms with E-state index >= 15 is 0 Å². The zero-order chi connectivity index (χ0) is 11.9. The van der Waals surface area contributed by atoms with Crippen LogP contribution >= 0.6 is 0 Å². The number of para-hydroxylation sites is 1. The summed E-state index contributed by atoms with van der Waals surface area (Å²) in [7, 11) is 0. The summed E-state index contributed by atoms with van der Waals surface area (Å²) in [5, 5.41) is 7.43. The van der Waals surface area contributed by atoms with E-state index in [1.165, 1.54) is 18.4 Å². The van der Waals surface area contributed by atoms with Crippen LogP contribution in [-0.2, 0) is 6.42 Å². The molecule has 1 aliphatic heterocycles. The quantitative estimate of drug-likeness (QED) is 0.878. The number of aromatic amines is 1. The van der Waals surface area contributed by atoms with Crippen LogP contribution in [0.15, 0.2) is 24.3 Å². The van der Waals surface area contributed by atoms with E-state index in [-0.39, 0.29) is 5.92 Å². The van der Waals surface area contributed by atoms with Gasteiger partial charge < -0.3 is 4.74 Å². The lowest BCUT2D eigenvalue weighted by molar-refractivity contribution is 0.258. The average Bonchev–Trinajstić information content (AvgIpc) is 3.16. The Hall–Kier alpha value is -1.84. The van der Waals surface area contributed by atoms with Crippen LogP contribution in [0.1, 0.15) is 41.9 Å². The number of nitrogens with zero attached hydrogens (tertiary/aromatic N) is 2. The molecule has 0 saturated heterocycles. The molecule has 4 heteroatoms. The Balaban J connectivity index is 1.59. The lowest BCUT2D eigenvalue weighted by Crippen LogP contribution is -2.20. The van der Waals surface area contributed by atoms with Crippen LogP contribution in [0.3, 0.4) is 0 Å². The molecule has 1 aliphatic carbocycles. The molecule has 18 heavy (non-hydrogen) atoms. The SMILES string of the molecule is c1ccc2c(c1)CC(c1n[nH]c(C3CC3)n1)CO2. The van der Waals surface area contributed by atoms with E-state index in [2.05, 4.69) is 27.3 Å². The van der Waals surface area contributed by atoms with Gasteiger partial charge in [-0.1, -0.05) is 18.2 Å². The van der Waals surface area contributed by atoms with E-state index in [9.17, 15) is 0 Å². The van der Waals surface area contributed by atoms with Crippen molar-refractivity contribution in [2.24, 2.45) is 0 Å². The van der Waals surface area contributed by atoms with Crippen molar-refractivity contribution in [3.8, 4) is 5.75 Å². The first-order valence-corrected chi connectivity index (χ1v) is 6.53. The minimum absolute atomic E-state index is 0.281. The molecule has 1 fully saturated rings. The lowest BCUT2D eigenvalue weighted by atomic mass is 9.96. The molecule has 1 aromatic carbocycles. The van der Waals surface area contributed by atoms with Crippen LogP contribution in [0.2, 0.25) is 0 Å². The van der Waals surface area contributed by atoms with E-state index in [4.69, 9.17) is 4.74 Å². The first-order chi connectivity index (χ1) is 8.90. The minimum atomic E-state index is 0.281. The molecule has 92 valence electrons. The van der Waals surface area contributed by atoms with Gasteiger partial charge in [0.15, 0.2) is 5.82 Å². The van der Waals surface area contributed by atoms with E-state index in [1.807, 2.05) is 12.1 Å². The molecule has 2 aromatic rings. The normalized spacial score (nSPS) is 22.3. The Bertz CT molecular complexity index is 574. The maximum Gasteiger partial charge on any atom is 0.157 e. The van der Waals surface area contributed by atoms with E-state index in [0.29, 0.717) is 12.5 Å². The lowest BCUT2D eigenvalue weighted by Gasteiger charge is -2.23. The van der Waals surface area contributed by atoms with Gasteiger partial charge in [-0.3, -0.25) is 5.10 Å². The predicted octanol–water partition coefficient (Wildman–Crippen LogP) is 2.40. The van der Waals surface area contributed by atoms with Gasteiger partial charge in [0.1, 0.15) is 11.6 Å². The Morgan fingerprint density at radius 3 is 2.94 bits per heavy atom. The number of hydrogen-bond acceptors (Lipinski definition) is 3. The highest BCUT2D eigenvalue weighted by Crippen LogP contribution is 2.38. The molecular weight excluding hydrogens is 226 g/mol. The number of benzene rings is 1. The zero-order valence-corrected chi connectivity index (χ0v) is 10.1. The summed E-state index contributed by atoms with van der Waals surface area (Å²) in [6, 6.07) is 8.21. The minimum Gasteiger partial charge on any atom is -0.493 e. The second-order valence-electron chi connectivity index (χ2n) is 5.17. The van der Waals surface area contributed by atoms with Crippen molar-refractivity contribution in [3.05, 3.63) is 41.5 Å². The number of nitrogens with one attached hydrogen (secondary N) is 1. The molecule has 2 aliphatic rings. The molecule has 0 bridgehead atoms. The number of ether oxygens (including phenoxy) is 1. The molecule has 4 rings (SSSR count). The van der Waals surface area contributed by atoms with Crippen LogP contribution in [-0.4, -0.2) is 21.8 Å². The predicted molar refractivity (Wildman–Crippen MR) is 66.7 cm³/mol. The molecule has 1 aromatic heterocycles. The van der Waals surface area contributed by atoms with Crippen molar-refractivity contribution < 1.29 is 4.74 Å². The molecule has 4 nitrogen and oxygen atoms in total. The largest absolute Gasteiger partial charge is 0.493 e. The first kappa shape index (κ1) is 10.1. The van der Waals surface area contributed by atoms with Crippen molar-refractivity contribution in [3.63, 3.8) is 0 Å². The van der Waals surface area contributed by atoms with Crippen LogP contribution in [0, 0.1) is 0 Å². The molecule has 2 heterocycles. The Morgan fingerprint density at radius 1 is 1.17 bits per heavy atom. The van der Waals surface area contributed by atoms with Gasteiger partial charge in [-0.25, -0.2) is 4.98 Å². The van der Waals surface area contributed by atoms with Gasteiger partial charge in [0.05, 0.1) is 12.5 Å². The maximum absolute atomic E-state index is 5.78. The highest BCUT2D eigenvalue weighted by molar-refractivity contribution is 5.36. The number of hydrogen-bond donors (Lipinski definition) is 1. The van der Waals surface area contributed by atoms with Crippen molar-refractivity contribution in [2.45, 2.75) is 31.1 Å². The summed E-state index contributed by atoms with van der Waals surface area (Å²) in [6.45, 7) is 0.680. The summed E-state index contributed by atoms with van der Waals surface area (Å²) in [4.78, 5) is 4.62. The number of fused-ring (bicyclic) bond motifs is 1. The van der Waals surface area contributed by atoms with Gasteiger partial charge in [-0.2, -0.15) is 5.10 Å². The van der Waals surface area contributed by atoms with Gasteiger partial charge in [0.25, 0.3) is 0 Å². The molecule has 1 unspecified atom stereocenters. The second kappa shape index (κ2) is 3.83. The molecule has 0 spiro atoms. The van der Waals surface area contributed by atoms with Gasteiger partial charge in [-0.15, -0.1) is 0 Å². The molecular formula is C14H15N3O. The number of H-pyrrole nitrogens is 1. The zero-order valence-electron chi connectivity index (χ0n) is 10.1. The third-order valence-corrected chi connectivity index (χ3v) is 3.73. The highest BCUT2D eigenvalue weighted by Gasteiger charge is 2.30. The van der Waals surface area contributed by atoms with Gasteiger partial charge in [0, 0.05) is 5.92 Å². The van der Waals surface area contributed by atoms with E-state index in [0.717, 1.165) is 23.8 Å². The summed E-state index contributed by atoms with van der Waals surface area (Å²) < 4.78 is 5.78. The molecule has 1 saturated carbocycles. The van der Waals surface area contributed by atoms with Crippen LogP contribution < -0.4 is 4.74 Å². The topological polar surface area (TPSA) is 50.8 Å². The summed E-state index contributed by atoms with van der Waals surface area (Å²) in [5.74, 6) is 3.88. The fourth-order valence-corrected chi connectivity index (χ4v) is 2.50. The standard InChI is InChI=1S/C14H15N3O/c1-2-4-12-10(3-1)7-11(8-18-12)14-15-13(16-17-14)9-5-6-9/h1-4,9,11H,5-8H2,(H,15,16,17). The summed E-state index contributed by atoms with van der Waals surface area (Å²) in [5.41, 5.74) is 1.26. The molecule has 1 atom stereocenters. The smallest absolute Gasteiger partial charge is 0.157 e. The highest BCUT2D eigenvalue weighted by atomic mass is 16.5. The van der Waals surface area contributed by atoms with Gasteiger partial charge in [0.2, 0.25) is 0 Å². The Morgan fingerprint density at radius 2 is 2.06 bits per heavy atom. The average molecular weight is 241 g/mol. The van der Waals surface area contributed by atoms with Crippen LogP contribution in [0.25, 0.3) is 0 Å². The van der Waals surface area contributed by atoms with E-state index in [1.54, 1.807) is 0 Å². The third-order valence-electron chi connectivity index (χ3n) is 3.73. The first-order valence-electron chi connectivity index (χ1n) is 6.53. The summed E-state index contributed by atoms with van der Waals surface area (Å²) >= 11 is 0. The van der Waals surface area contributed by atoms with Crippen molar-refractivity contribution >= 4 is 0 Å². The monoisotopic (exact) mass is 241 g/mol. The van der Waals surface area contributed by atoms with Gasteiger partial charge >= 0.3 is 0 Å². The summed E-state index contributed by atoms with van der Waals surface area (Å²) in [6.07, 6.45) is 3.47. The van der Waals surface area contributed by atoms with Gasteiger partial charge in [-0.05, 0) is 30.9 Å². The van der Waals surface area contributed by atoms with Crippen LogP contribution in [0.4, 0.5) is 0 Å². The van der Waals surface area contributed by atoms with Crippen molar-refractivity contribution in [1.29, 1.82) is 0 Å². The Kier molecular flexibility index (Phi) is 2.15. The van der Waals surface area contributed by atoms with E-state index < -0.39 is 0 Å². The van der Waals surface area contributed by atoms with Crippen molar-refractivity contribution in [2.75, 3.05) is 6.61 Å². The molecule has 1 N–H and O–H groups in total.